The van der Waals surface area contributed by atoms with Gasteiger partial charge in [0.15, 0.2) is 11.5 Å². The molecule has 2 saturated carbocycles. The third-order valence-electron chi connectivity index (χ3n) is 9.86. The van der Waals surface area contributed by atoms with Crippen LogP contribution in [0.2, 0.25) is 0 Å². The Kier molecular flexibility index (Phi) is 11.4. The number of aryl methyl sites for hydroxylation is 2. The van der Waals surface area contributed by atoms with Crippen LogP contribution < -0.4 is 5.32 Å². The number of nitrogens with zero attached hydrogens (tertiary/aromatic N) is 7. The van der Waals surface area contributed by atoms with Crippen LogP contribution in [0.1, 0.15) is 54.5 Å². The van der Waals surface area contributed by atoms with Crippen LogP contribution in [-0.2, 0) is 27.7 Å². The summed E-state index contributed by atoms with van der Waals surface area (Å²) >= 11 is 0. The van der Waals surface area contributed by atoms with Crippen molar-refractivity contribution in [1.29, 1.82) is 0 Å². The van der Waals surface area contributed by atoms with E-state index in [0.29, 0.717) is 48.2 Å². The van der Waals surface area contributed by atoms with Crippen molar-refractivity contribution in [3.63, 3.8) is 0 Å². The molecule has 3 heterocycles. The Morgan fingerprint density at radius 2 is 1.47 bits per heavy atom. The highest BCUT2D eigenvalue weighted by molar-refractivity contribution is 8.32. The number of carbonyl (C=O) groups is 1. The Labute approximate surface area is 305 Å². The second-order valence-electron chi connectivity index (χ2n) is 16.0. The molecule has 0 radical (unpaired) electrons. The summed E-state index contributed by atoms with van der Waals surface area (Å²) < 4.78 is 21.1. The number of hydrogen-bond acceptors (Lipinski definition) is 9. The van der Waals surface area contributed by atoms with Gasteiger partial charge < -0.3 is 14.8 Å². The largest absolute Gasteiger partial charge is 0.360 e. The molecule has 2 fully saturated rings. The van der Waals surface area contributed by atoms with E-state index >= 15 is 0 Å². The molecular formula is C37H56N8O4S2. The maximum atomic E-state index is 14.5. The summed E-state index contributed by atoms with van der Waals surface area (Å²) in [6.07, 6.45) is 18.3. The van der Waals surface area contributed by atoms with E-state index in [1.807, 2.05) is 35.2 Å². The fourth-order valence-corrected chi connectivity index (χ4v) is 7.98. The Balaban J connectivity index is 1.24. The lowest BCUT2D eigenvalue weighted by molar-refractivity contribution is -0.119. The Hall–Kier alpha value is -3.20. The molecule has 0 bridgehead atoms. The highest BCUT2D eigenvalue weighted by Gasteiger charge is 2.50. The van der Waals surface area contributed by atoms with Crippen molar-refractivity contribution in [2.45, 2.75) is 65.8 Å². The fraction of sp³-hybridized carbons (Fsp3) is 0.622. The number of benzene rings is 1. The summed E-state index contributed by atoms with van der Waals surface area (Å²) in [5.41, 5.74) is 6.00. The summed E-state index contributed by atoms with van der Waals surface area (Å²) in [5, 5.41) is 25.5. The molecule has 1 unspecified atom stereocenters. The van der Waals surface area contributed by atoms with Gasteiger partial charge in [0, 0.05) is 28.5 Å². The minimum atomic E-state index is -0.730. The molecule has 51 heavy (non-hydrogen) atoms. The molecule has 0 saturated heterocycles. The minimum Gasteiger partial charge on any atom is -0.360 e. The van der Waals surface area contributed by atoms with Crippen molar-refractivity contribution in [1.82, 2.24) is 34.9 Å². The quantitative estimate of drug-likeness (QED) is 0.112. The number of anilines is 1. The van der Waals surface area contributed by atoms with E-state index < -0.39 is 26.0 Å². The topological polar surface area (TPSA) is 135 Å². The summed E-state index contributed by atoms with van der Waals surface area (Å²) in [6.45, 7) is 7.92. The number of hydrogen-bond donors (Lipinski definition) is 1. The van der Waals surface area contributed by atoms with Gasteiger partial charge in [0.25, 0.3) is 0 Å². The molecule has 14 heteroatoms. The maximum Gasteiger partial charge on any atom is 0.235 e. The van der Waals surface area contributed by atoms with Crippen molar-refractivity contribution < 1.29 is 18.9 Å². The number of nitrogens with one attached hydrogen (secondary N) is 1. The van der Waals surface area contributed by atoms with E-state index in [2.05, 4.69) is 77.3 Å². The third kappa shape index (κ3) is 9.43. The standard InChI is InChI=1S/C37H56N8O4S2/c1-24-31(26(3)45(41-24)23-48-19-21-51(7,8)9)27-14-16-30(17-15-27)38-37(46)33(32(28-10-11-28)29-12-13-29)35-39-40-36(34-25(2)42-49-43-34)44(35)22-47-18-20-50(4,5)6/h14-17,28-29,32-33H,10-13,18-23H2,1-9H3,(H,38,46). The van der Waals surface area contributed by atoms with Crippen LogP contribution in [0.5, 0.6) is 0 Å². The predicted molar refractivity (Wildman–Crippen MR) is 208 cm³/mol. The Morgan fingerprint density at radius 1 is 0.863 bits per heavy atom. The zero-order valence-corrected chi connectivity index (χ0v) is 33.4. The first-order valence-corrected chi connectivity index (χ1v) is 23.9. The normalized spacial score (nSPS) is 16.5. The molecule has 1 N–H and O–H groups in total. The van der Waals surface area contributed by atoms with Gasteiger partial charge in [-0.2, -0.15) is 5.10 Å². The molecule has 4 aromatic rings. The van der Waals surface area contributed by atoms with Crippen LogP contribution >= 0.6 is 20.1 Å². The highest BCUT2D eigenvalue weighted by atomic mass is 32.3. The predicted octanol–water partition coefficient (Wildman–Crippen LogP) is 6.61. The lowest BCUT2D eigenvalue weighted by Gasteiger charge is -2.27. The molecule has 0 spiro atoms. The maximum absolute atomic E-state index is 14.5. The van der Waals surface area contributed by atoms with Crippen molar-refractivity contribution in [2.75, 3.05) is 67.6 Å². The molecule has 1 amide bonds. The molecule has 0 aliphatic heterocycles. The number of rotatable bonds is 18. The smallest absolute Gasteiger partial charge is 0.235 e. The second-order valence-corrected chi connectivity index (χ2v) is 25.2. The molecular weight excluding hydrogens is 685 g/mol. The molecule has 3 aromatic heterocycles. The second kappa shape index (κ2) is 15.4. The Morgan fingerprint density at radius 3 is 2.02 bits per heavy atom. The number of ether oxygens (including phenoxy) is 2. The van der Waals surface area contributed by atoms with Gasteiger partial charge in [-0.15, -0.1) is 10.2 Å². The van der Waals surface area contributed by atoms with E-state index in [1.54, 1.807) is 0 Å². The zero-order chi connectivity index (χ0) is 36.5. The SMILES string of the molecule is Cc1nonc1-c1nnc(C(C(=O)Nc2ccc(-c3c(C)nn(COCCS(C)(C)C)c3C)cc2)C(C2CC2)C2CC2)n1COCCS(C)(C)C. The number of carbonyl (C=O) groups excluding carboxylic acids is 1. The van der Waals surface area contributed by atoms with Crippen molar-refractivity contribution in [3.05, 3.63) is 47.2 Å². The first kappa shape index (κ1) is 37.6. The molecule has 2 aliphatic rings. The first-order chi connectivity index (χ1) is 24.2. The molecule has 2 aliphatic carbocycles. The van der Waals surface area contributed by atoms with E-state index in [9.17, 15) is 4.79 Å². The van der Waals surface area contributed by atoms with Crippen LogP contribution in [-0.4, -0.2) is 103 Å². The van der Waals surface area contributed by atoms with Gasteiger partial charge in [0.1, 0.15) is 30.9 Å². The zero-order valence-electron chi connectivity index (χ0n) is 31.8. The van der Waals surface area contributed by atoms with Gasteiger partial charge in [0.2, 0.25) is 5.91 Å². The highest BCUT2D eigenvalue weighted by Crippen LogP contribution is 2.55. The van der Waals surface area contributed by atoms with Crippen LogP contribution in [0, 0.1) is 38.5 Å². The molecule has 1 aromatic carbocycles. The van der Waals surface area contributed by atoms with Crippen molar-refractivity contribution in [2.24, 2.45) is 17.8 Å². The summed E-state index contributed by atoms with van der Waals surface area (Å²) in [5.74, 6) is 3.75. The molecule has 280 valence electrons. The van der Waals surface area contributed by atoms with Crippen LogP contribution in [0.15, 0.2) is 28.9 Å². The van der Waals surface area contributed by atoms with Crippen molar-refractivity contribution >= 4 is 31.7 Å². The van der Waals surface area contributed by atoms with E-state index in [4.69, 9.17) is 24.3 Å². The van der Waals surface area contributed by atoms with Gasteiger partial charge in [-0.1, -0.05) is 17.3 Å². The minimum absolute atomic E-state index is 0.0738. The lowest BCUT2D eigenvalue weighted by Crippen LogP contribution is -2.32. The van der Waals surface area contributed by atoms with Crippen LogP contribution in [0.4, 0.5) is 5.69 Å². The average molecular weight is 741 g/mol. The average Bonchev–Trinajstić information content (AvgIpc) is 3.97. The molecule has 1 atom stereocenters. The van der Waals surface area contributed by atoms with Gasteiger partial charge in [-0.3, -0.25) is 9.36 Å². The monoisotopic (exact) mass is 740 g/mol. The summed E-state index contributed by atoms with van der Waals surface area (Å²) in [4.78, 5) is 14.5. The van der Waals surface area contributed by atoms with Crippen LogP contribution in [0.3, 0.4) is 0 Å². The van der Waals surface area contributed by atoms with Crippen molar-refractivity contribution in [3.8, 4) is 22.6 Å². The van der Waals surface area contributed by atoms with Gasteiger partial charge in [-0.25, -0.2) is 29.4 Å². The number of aromatic nitrogens is 7. The summed E-state index contributed by atoms with van der Waals surface area (Å²) in [6, 6.07) is 8.07. The first-order valence-electron chi connectivity index (χ1n) is 17.9. The molecule has 12 nitrogen and oxygen atoms in total. The fourth-order valence-electron chi connectivity index (χ4n) is 6.74. The van der Waals surface area contributed by atoms with E-state index in [0.717, 1.165) is 72.0 Å². The van der Waals surface area contributed by atoms with Gasteiger partial charge in [0.05, 0.1) is 18.9 Å². The van der Waals surface area contributed by atoms with Crippen LogP contribution in [0.25, 0.3) is 22.6 Å². The Bertz CT molecular complexity index is 1780. The summed E-state index contributed by atoms with van der Waals surface area (Å²) in [7, 11) is -1.33. The van der Waals surface area contributed by atoms with E-state index in [1.165, 1.54) is 0 Å². The third-order valence-corrected chi connectivity index (χ3v) is 12.6. The van der Waals surface area contributed by atoms with Gasteiger partial charge >= 0.3 is 0 Å². The molecule has 6 rings (SSSR count). The van der Waals surface area contributed by atoms with Gasteiger partial charge in [-0.05, 0) is 125 Å². The number of amides is 1. The van der Waals surface area contributed by atoms with E-state index in [-0.39, 0.29) is 18.6 Å². The lowest BCUT2D eigenvalue weighted by atomic mass is 9.82.